The lowest BCUT2D eigenvalue weighted by Crippen LogP contribution is -2.43. The predicted octanol–water partition coefficient (Wildman–Crippen LogP) is 0.296. The number of carbonyl (C=O) groups is 1. The van der Waals surface area contributed by atoms with E-state index in [9.17, 15) is 4.79 Å². The maximum Gasteiger partial charge on any atom is 0.141 e. The molecule has 1 N–H and O–H groups in total. The Balaban J connectivity index is 1.81. The van der Waals surface area contributed by atoms with Crippen LogP contribution in [0.15, 0.2) is 0 Å². The molecule has 0 bridgehead atoms. The van der Waals surface area contributed by atoms with Gasteiger partial charge in [0.2, 0.25) is 0 Å². The molecule has 16 heavy (non-hydrogen) atoms. The van der Waals surface area contributed by atoms with E-state index in [4.69, 9.17) is 9.84 Å². The van der Waals surface area contributed by atoms with Crippen molar-refractivity contribution in [3.63, 3.8) is 0 Å². The fourth-order valence-electron chi connectivity index (χ4n) is 2.63. The molecule has 2 unspecified atom stereocenters. The Labute approximate surface area is 96.6 Å². The van der Waals surface area contributed by atoms with E-state index in [1.54, 1.807) is 0 Å². The van der Waals surface area contributed by atoms with Crippen LogP contribution >= 0.6 is 0 Å². The van der Waals surface area contributed by atoms with Crippen LogP contribution in [0.3, 0.4) is 0 Å². The molecule has 2 fully saturated rings. The third-order valence-electron chi connectivity index (χ3n) is 3.61. The third kappa shape index (κ3) is 3.03. The molecule has 0 amide bonds. The van der Waals surface area contributed by atoms with Crippen LogP contribution < -0.4 is 0 Å². The Morgan fingerprint density at radius 2 is 2.38 bits per heavy atom. The lowest BCUT2D eigenvalue weighted by Gasteiger charge is -2.34. The SMILES string of the molecule is O=C1CCOCC1CN1CCCC(CO)C1. The maximum atomic E-state index is 11.7. The number of rotatable bonds is 3. The fraction of sp³-hybridized carbons (Fsp3) is 0.917. The summed E-state index contributed by atoms with van der Waals surface area (Å²) < 4.78 is 5.35. The molecular weight excluding hydrogens is 206 g/mol. The van der Waals surface area contributed by atoms with Crippen LogP contribution in [-0.2, 0) is 9.53 Å². The molecular formula is C12H21NO3. The van der Waals surface area contributed by atoms with Crippen LogP contribution in [0.25, 0.3) is 0 Å². The summed E-state index contributed by atoms with van der Waals surface area (Å²) in [6.07, 6.45) is 2.82. The second-order valence-electron chi connectivity index (χ2n) is 4.94. The van der Waals surface area contributed by atoms with Crippen LogP contribution in [0.5, 0.6) is 0 Å². The molecule has 0 aromatic carbocycles. The second-order valence-corrected chi connectivity index (χ2v) is 4.94. The second kappa shape index (κ2) is 5.75. The Bertz CT molecular complexity index is 244. The number of ketones is 1. The van der Waals surface area contributed by atoms with Gasteiger partial charge in [0.05, 0.1) is 19.1 Å². The number of aliphatic hydroxyl groups is 1. The number of likely N-dealkylation sites (tertiary alicyclic amines) is 1. The van der Waals surface area contributed by atoms with Crippen LogP contribution in [0.1, 0.15) is 19.3 Å². The number of Topliss-reactive ketones (excluding diaryl/α,β-unsaturated/α-hetero) is 1. The van der Waals surface area contributed by atoms with Crippen molar-refractivity contribution in [2.75, 3.05) is 39.5 Å². The molecule has 0 saturated carbocycles. The standard InChI is InChI=1S/C12H21NO3/c14-8-10-2-1-4-13(6-10)7-11-9-16-5-3-12(11)15/h10-11,14H,1-9H2. The summed E-state index contributed by atoms with van der Waals surface area (Å²) in [5, 5.41) is 9.15. The Morgan fingerprint density at radius 1 is 1.50 bits per heavy atom. The number of nitrogens with zero attached hydrogens (tertiary/aromatic N) is 1. The van der Waals surface area contributed by atoms with Crippen molar-refractivity contribution in [2.45, 2.75) is 19.3 Å². The zero-order valence-corrected chi connectivity index (χ0v) is 9.73. The van der Waals surface area contributed by atoms with Gasteiger partial charge < -0.3 is 14.7 Å². The van der Waals surface area contributed by atoms with Crippen molar-refractivity contribution in [1.82, 2.24) is 4.90 Å². The van der Waals surface area contributed by atoms with Crippen LogP contribution in [0.2, 0.25) is 0 Å². The fourth-order valence-corrected chi connectivity index (χ4v) is 2.63. The van der Waals surface area contributed by atoms with Crippen molar-refractivity contribution in [3.05, 3.63) is 0 Å². The van der Waals surface area contributed by atoms with Crippen molar-refractivity contribution in [1.29, 1.82) is 0 Å². The zero-order valence-electron chi connectivity index (χ0n) is 9.73. The van der Waals surface area contributed by atoms with Crippen molar-refractivity contribution in [2.24, 2.45) is 11.8 Å². The first kappa shape index (κ1) is 12.0. The minimum atomic E-state index is 0.0613. The Hall–Kier alpha value is -0.450. The molecule has 2 rings (SSSR count). The molecule has 2 aliphatic rings. The normalized spacial score (nSPS) is 32.9. The predicted molar refractivity (Wildman–Crippen MR) is 60.2 cm³/mol. The molecule has 0 aromatic rings. The van der Waals surface area contributed by atoms with Gasteiger partial charge in [0, 0.05) is 26.1 Å². The van der Waals surface area contributed by atoms with Crippen molar-refractivity contribution in [3.8, 4) is 0 Å². The van der Waals surface area contributed by atoms with E-state index >= 15 is 0 Å². The molecule has 4 heteroatoms. The van der Waals surface area contributed by atoms with Gasteiger partial charge in [0.25, 0.3) is 0 Å². The third-order valence-corrected chi connectivity index (χ3v) is 3.61. The average Bonchev–Trinajstić information content (AvgIpc) is 2.32. The summed E-state index contributed by atoms with van der Waals surface area (Å²) in [7, 11) is 0. The van der Waals surface area contributed by atoms with E-state index in [0.717, 1.165) is 32.5 Å². The van der Waals surface area contributed by atoms with Gasteiger partial charge in [-0.15, -0.1) is 0 Å². The summed E-state index contributed by atoms with van der Waals surface area (Å²) in [6.45, 7) is 4.25. The molecule has 0 aromatic heterocycles. The van der Waals surface area contributed by atoms with E-state index in [1.165, 1.54) is 0 Å². The van der Waals surface area contributed by atoms with Crippen LogP contribution in [0.4, 0.5) is 0 Å². The summed E-state index contributed by atoms with van der Waals surface area (Å²) >= 11 is 0. The first-order valence-corrected chi connectivity index (χ1v) is 6.23. The molecule has 0 spiro atoms. The van der Waals surface area contributed by atoms with Crippen molar-refractivity contribution < 1.29 is 14.6 Å². The highest BCUT2D eigenvalue weighted by Gasteiger charge is 2.27. The van der Waals surface area contributed by atoms with Gasteiger partial charge in [-0.1, -0.05) is 0 Å². The first-order valence-electron chi connectivity index (χ1n) is 6.23. The minimum absolute atomic E-state index is 0.0613. The van der Waals surface area contributed by atoms with Gasteiger partial charge in [0.15, 0.2) is 0 Å². The van der Waals surface area contributed by atoms with Crippen LogP contribution in [-0.4, -0.2) is 55.2 Å². The lowest BCUT2D eigenvalue weighted by atomic mass is 9.95. The molecule has 4 nitrogen and oxygen atoms in total. The number of hydrogen-bond donors (Lipinski definition) is 1. The van der Waals surface area contributed by atoms with E-state index in [2.05, 4.69) is 4.90 Å². The number of aliphatic hydroxyl groups excluding tert-OH is 1. The van der Waals surface area contributed by atoms with Gasteiger partial charge >= 0.3 is 0 Å². The van der Waals surface area contributed by atoms with E-state index in [-0.39, 0.29) is 12.5 Å². The summed E-state index contributed by atoms with van der Waals surface area (Å²) in [5.41, 5.74) is 0. The quantitative estimate of drug-likeness (QED) is 0.753. The van der Waals surface area contributed by atoms with E-state index in [0.29, 0.717) is 31.3 Å². The summed E-state index contributed by atoms with van der Waals surface area (Å²) in [6, 6.07) is 0. The minimum Gasteiger partial charge on any atom is -0.396 e. The van der Waals surface area contributed by atoms with Crippen LogP contribution in [0, 0.1) is 11.8 Å². The molecule has 2 saturated heterocycles. The monoisotopic (exact) mass is 227 g/mol. The number of piperidine rings is 1. The Morgan fingerprint density at radius 3 is 3.12 bits per heavy atom. The highest BCUT2D eigenvalue weighted by Crippen LogP contribution is 2.19. The van der Waals surface area contributed by atoms with Crippen molar-refractivity contribution >= 4 is 5.78 Å². The van der Waals surface area contributed by atoms with E-state index < -0.39 is 0 Å². The molecule has 2 heterocycles. The molecule has 2 aliphatic heterocycles. The Kier molecular flexibility index (Phi) is 4.32. The van der Waals surface area contributed by atoms with Gasteiger partial charge in [-0.2, -0.15) is 0 Å². The molecule has 2 atom stereocenters. The van der Waals surface area contributed by atoms with Gasteiger partial charge in [-0.3, -0.25) is 4.79 Å². The largest absolute Gasteiger partial charge is 0.396 e. The number of carbonyl (C=O) groups excluding carboxylic acids is 1. The molecule has 0 radical (unpaired) electrons. The number of hydrogen-bond acceptors (Lipinski definition) is 4. The topological polar surface area (TPSA) is 49.8 Å². The smallest absolute Gasteiger partial charge is 0.141 e. The average molecular weight is 227 g/mol. The van der Waals surface area contributed by atoms with Gasteiger partial charge in [-0.05, 0) is 25.3 Å². The molecule has 92 valence electrons. The molecule has 0 aliphatic carbocycles. The highest BCUT2D eigenvalue weighted by molar-refractivity contribution is 5.82. The summed E-state index contributed by atoms with van der Waals surface area (Å²) in [5.74, 6) is 0.803. The first-order chi connectivity index (χ1) is 7.79. The van der Waals surface area contributed by atoms with E-state index in [1.807, 2.05) is 0 Å². The summed E-state index contributed by atoms with van der Waals surface area (Å²) in [4.78, 5) is 14.0. The zero-order chi connectivity index (χ0) is 11.4. The van der Waals surface area contributed by atoms with Gasteiger partial charge in [0.1, 0.15) is 5.78 Å². The van der Waals surface area contributed by atoms with Gasteiger partial charge in [-0.25, -0.2) is 0 Å². The lowest BCUT2D eigenvalue weighted by molar-refractivity contribution is -0.131. The maximum absolute atomic E-state index is 11.7. The highest BCUT2D eigenvalue weighted by atomic mass is 16.5. The number of ether oxygens (including phenoxy) is 1.